The van der Waals surface area contributed by atoms with E-state index in [0.29, 0.717) is 51.9 Å². The Morgan fingerprint density at radius 1 is 1.18 bits per heavy atom. The standard InChI is InChI=1S/C21H27N3O3S/c1-16-15-28-21(27)24(16)11-5-8-19(25)23-12-9-18(10-13-23)20(26)22-14-17-6-3-2-4-7-17/h2-4,6-7,15,18H,5,8-14H2,1H3,(H,22,26). The van der Waals surface area contributed by atoms with Crippen LogP contribution in [0.1, 0.15) is 36.9 Å². The molecule has 6 nitrogen and oxygen atoms in total. The summed E-state index contributed by atoms with van der Waals surface area (Å²) in [6.45, 7) is 4.28. The lowest BCUT2D eigenvalue weighted by Crippen LogP contribution is -2.42. The first-order valence-electron chi connectivity index (χ1n) is 9.79. The van der Waals surface area contributed by atoms with E-state index in [4.69, 9.17) is 0 Å². The predicted octanol–water partition coefficient (Wildman–Crippen LogP) is 2.55. The summed E-state index contributed by atoms with van der Waals surface area (Å²) in [7, 11) is 0. The van der Waals surface area contributed by atoms with E-state index in [1.54, 1.807) is 4.57 Å². The van der Waals surface area contributed by atoms with Crippen molar-refractivity contribution in [3.63, 3.8) is 0 Å². The number of nitrogens with zero attached hydrogens (tertiary/aromatic N) is 2. The summed E-state index contributed by atoms with van der Waals surface area (Å²) in [5, 5.41) is 4.84. The van der Waals surface area contributed by atoms with Gasteiger partial charge in [-0.3, -0.25) is 14.4 Å². The summed E-state index contributed by atoms with van der Waals surface area (Å²) < 4.78 is 1.72. The van der Waals surface area contributed by atoms with Crippen molar-refractivity contribution < 1.29 is 9.59 Å². The second-order valence-electron chi connectivity index (χ2n) is 7.26. The van der Waals surface area contributed by atoms with Crippen LogP contribution in [0.2, 0.25) is 0 Å². The molecule has 28 heavy (non-hydrogen) atoms. The van der Waals surface area contributed by atoms with Crippen LogP contribution in [-0.4, -0.2) is 34.4 Å². The average Bonchev–Trinajstić information content (AvgIpc) is 3.05. The number of piperidine rings is 1. The summed E-state index contributed by atoms with van der Waals surface area (Å²) in [6.07, 6.45) is 2.51. The van der Waals surface area contributed by atoms with Gasteiger partial charge < -0.3 is 14.8 Å². The summed E-state index contributed by atoms with van der Waals surface area (Å²) in [6, 6.07) is 9.86. The van der Waals surface area contributed by atoms with Gasteiger partial charge >= 0.3 is 4.87 Å². The average molecular weight is 402 g/mol. The number of amides is 2. The summed E-state index contributed by atoms with van der Waals surface area (Å²) in [4.78, 5) is 38.4. The van der Waals surface area contributed by atoms with Crippen LogP contribution in [0.4, 0.5) is 0 Å². The number of hydrogen-bond donors (Lipinski definition) is 1. The number of carbonyl (C=O) groups excluding carboxylic acids is 2. The number of thiazole rings is 1. The Morgan fingerprint density at radius 2 is 1.89 bits per heavy atom. The SMILES string of the molecule is Cc1csc(=O)n1CCCC(=O)N1CCC(C(=O)NCc2ccccc2)CC1. The van der Waals surface area contributed by atoms with Crippen LogP contribution in [0.3, 0.4) is 0 Å². The molecule has 1 aliphatic heterocycles. The van der Waals surface area contributed by atoms with Gasteiger partial charge in [-0.1, -0.05) is 41.7 Å². The van der Waals surface area contributed by atoms with Crippen molar-refractivity contribution in [2.75, 3.05) is 13.1 Å². The van der Waals surface area contributed by atoms with Crippen molar-refractivity contribution in [1.29, 1.82) is 0 Å². The first-order valence-corrected chi connectivity index (χ1v) is 10.7. The van der Waals surface area contributed by atoms with Gasteiger partial charge in [0.05, 0.1) is 0 Å². The molecule has 0 saturated carbocycles. The fraction of sp³-hybridized carbons (Fsp3) is 0.476. The molecule has 1 aliphatic rings. The summed E-state index contributed by atoms with van der Waals surface area (Å²) in [5.41, 5.74) is 2.04. The third-order valence-electron chi connectivity index (χ3n) is 5.28. The zero-order chi connectivity index (χ0) is 19.9. The number of aryl methyl sites for hydroxylation is 1. The minimum atomic E-state index is -0.0280. The number of hydrogen-bond acceptors (Lipinski definition) is 4. The highest BCUT2D eigenvalue weighted by Gasteiger charge is 2.26. The van der Waals surface area contributed by atoms with Gasteiger partial charge in [0.1, 0.15) is 0 Å². The topological polar surface area (TPSA) is 71.4 Å². The number of likely N-dealkylation sites (tertiary alicyclic amines) is 1. The van der Waals surface area contributed by atoms with Gasteiger partial charge in [-0.05, 0) is 31.7 Å². The van der Waals surface area contributed by atoms with Crippen LogP contribution in [0, 0.1) is 12.8 Å². The molecule has 1 saturated heterocycles. The maximum atomic E-state index is 12.4. The van der Waals surface area contributed by atoms with Crippen molar-refractivity contribution in [1.82, 2.24) is 14.8 Å². The van der Waals surface area contributed by atoms with Gasteiger partial charge in [0, 0.05) is 49.6 Å². The lowest BCUT2D eigenvalue weighted by molar-refractivity contribution is -0.135. The normalized spacial score (nSPS) is 14.8. The van der Waals surface area contributed by atoms with Crippen LogP contribution >= 0.6 is 11.3 Å². The molecule has 2 amide bonds. The number of rotatable bonds is 7. The molecule has 2 heterocycles. The zero-order valence-electron chi connectivity index (χ0n) is 16.2. The minimum Gasteiger partial charge on any atom is -0.352 e. The quantitative estimate of drug-likeness (QED) is 0.775. The molecule has 3 rings (SSSR count). The van der Waals surface area contributed by atoms with E-state index in [1.165, 1.54) is 11.3 Å². The van der Waals surface area contributed by atoms with E-state index in [2.05, 4.69) is 5.32 Å². The molecule has 0 bridgehead atoms. The fourth-order valence-corrected chi connectivity index (χ4v) is 4.30. The van der Waals surface area contributed by atoms with E-state index in [9.17, 15) is 14.4 Å². The summed E-state index contributed by atoms with van der Waals surface area (Å²) in [5.74, 6) is 0.159. The second kappa shape index (κ2) is 9.68. The van der Waals surface area contributed by atoms with Crippen molar-refractivity contribution in [3.8, 4) is 0 Å². The molecule has 150 valence electrons. The lowest BCUT2D eigenvalue weighted by atomic mass is 9.95. The molecule has 1 fully saturated rings. The molecule has 1 N–H and O–H groups in total. The maximum Gasteiger partial charge on any atom is 0.307 e. The highest BCUT2D eigenvalue weighted by atomic mass is 32.1. The Balaban J connectivity index is 1.37. The minimum absolute atomic E-state index is 0.0280. The van der Waals surface area contributed by atoms with E-state index in [1.807, 2.05) is 47.5 Å². The molecule has 2 aromatic rings. The maximum absolute atomic E-state index is 12.4. The largest absolute Gasteiger partial charge is 0.352 e. The molecule has 1 aromatic heterocycles. The van der Waals surface area contributed by atoms with Crippen LogP contribution in [0.5, 0.6) is 0 Å². The number of aromatic nitrogens is 1. The fourth-order valence-electron chi connectivity index (χ4n) is 3.54. The van der Waals surface area contributed by atoms with Crippen LogP contribution in [0.15, 0.2) is 40.5 Å². The molecule has 0 unspecified atom stereocenters. The molecular formula is C21H27N3O3S. The number of nitrogens with one attached hydrogen (secondary N) is 1. The van der Waals surface area contributed by atoms with E-state index in [-0.39, 0.29) is 22.6 Å². The number of carbonyl (C=O) groups is 2. The van der Waals surface area contributed by atoms with Crippen LogP contribution in [-0.2, 0) is 22.7 Å². The van der Waals surface area contributed by atoms with Crippen LogP contribution < -0.4 is 10.2 Å². The Hall–Kier alpha value is -2.41. The second-order valence-corrected chi connectivity index (χ2v) is 8.08. The summed E-state index contributed by atoms with van der Waals surface area (Å²) >= 11 is 1.20. The van der Waals surface area contributed by atoms with E-state index < -0.39 is 0 Å². The van der Waals surface area contributed by atoms with Crippen molar-refractivity contribution in [2.45, 2.75) is 45.7 Å². The van der Waals surface area contributed by atoms with Crippen LogP contribution in [0.25, 0.3) is 0 Å². The van der Waals surface area contributed by atoms with Crippen molar-refractivity contribution in [2.24, 2.45) is 5.92 Å². The highest BCUT2D eigenvalue weighted by Crippen LogP contribution is 2.19. The molecule has 0 radical (unpaired) electrons. The third-order valence-corrected chi connectivity index (χ3v) is 6.16. The zero-order valence-corrected chi connectivity index (χ0v) is 17.0. The van der Waals surface area contributed by atoms with Gasteiger partial charge in [0.25, 0.3) is 0 Å². The van der Waals surface area contributed by atoms with Gasteiger partial charge in [0.2, 0.25) is 11.8 Å². The molecule has 0 atom stereocenters. The smallest absolute Gasteiger partial charge is 0.307 e. The Kier molecular flexibility index (Phi) is 7.03. The lowest BCUT2D eigenvalue weighted by Gasteiger charge is -2.31. The highest BCUT2D eigenvalue weighted by molar-refractivity contribution is 7.07. The van der Waals surface area contributed by atoms with Gasteiger partial charge in [-0.25, -0.2) is 0 Å². The Labute approximate surface area is 169 Å². The number of benzene rings is 1. The van der Waals surface area contributed by atoms with E-state index >= 15 is 0 Å². The molecule has 0 aliphatic carbocycles. The Bertz CT molecular complexity index is 851. The van der Waals surface area contributed by atoms with Gasteiger partial charge in [-0.2, -0.15) is 0 Å². The van der Waals surface area contributed by atoms with Crippen molar-refractivity contribution >= 4 is 23.2 Å². The first-order chi connectivity index (χ1) is 13.5. The predicted molar refractivity (Wildman–Crippen MR) is 110 cm³/mol. The molecule has 0 spiro atoms. The Morgan fingerprint density at radius 3 is 2.54 bits per heavy atom. The van der Waals surface area contributed by atoms with Gasteiger partial charge in [-0.15, -0.1) is 0 Å². The third kappa shape index (κ3) is 5.32. The molecule has 7 heteroatoms. The van der Waals surface area contributed by atoms with Crippen molar-refractivity contribution in [3.05, 3.63) is 56.6 Å². The molecular weight excluding hydrogens is 374 g/mol. The van der Waals surface area contributed by atoms with E-state index in [0.717, 1.165) is 11.3 Å². The monoisotopic (exact) mass is 401 g/mol. The first kappa shape index (κ1) is 20.3. The molecule has 1 aromatic carbocycles. The van der Waals surface area contributed by atoms with Gasteiger partial charge in [0.15, 0.2) is 0 Å².